The number of carbonyl (C=O) groups excluding carboxylic acids is 1. The zero-order chi connectivity index (χ0) is 56.4. The van der Waals surface area contributed by atoms with Crippen molar-refractivity contribution in [2.75, 3.05) is 48.1 Å². The molecule has 0 radical (unpaired) electrons. The Balaban J connectivity index is 1.42. The van der Waals surface area contributed by atoms with E-state index in [1.54, 1.807) is 62.0 Å². The first-order valence-electron chi connectivity index (χ1n) is 26.2. The fraction of sp³-hybridized carbons (Fsp3) is 0.448. The van der Waals surface area contributed by atoms with E-state index in [0.29, 0.717) is 17.1 Å². The largest absolute Gasteiger partial charge is 0.497 e. The predicted molar refractivity (Wildman–Crippen MR) is 305 cm³/mol. The van der Waals surface area contributed by atoms with Crippen molar-refractivity contribution in [2.45, 2.75) is 122 Å². The van der Waals surface area contributed by atoms with Gasteiger partial charge in [-0.25, -0.2) is 19.4 Å². The average Bonchev–Trinajstić information content (AvgIpc) is 4.04. The SMILES string of the molecule is COc1ccc(C(OC[C@H]2O[C@@H](n3cnc4c(=O)n(CCOC(=O)c5ccccc5)c(/N=C/N(C)C)nc43)[C@H](OP(OCCC#N)N(C(C)C)C(C)C)[C@@H]2O[Si](C)(C)C(C)(C)C)(c2ccccc2)c2ccc(OC)cc2)cc1. The fourth-order valence-electron chi connectivity index (χ4n) is 9.05. The maximum Gasteiger partial charge on any atom is 0.338 e. The number of fused-ring (bicyclic) bond motifs is 1. The molecule has 0 bridgehead atoms. The van der Waals surface area contributed by atoms with Crippen LogP contribution in [0.1, 0.15) is 88.2 Å². The number of rotatable bonds is 25. The van der Waals surface area contributed by atoms with Crippen LogP contribution >= 0.6 is 8.53 Å². The highest BCUT2D eigenvalue weighted by Gasteiger charge is 2.54. The van der Waals surface area contributed by atoms with Gasteiger partial charge < -0.3 is 42.1 Å². The minimum atomic E-state index is -2.74. The molecule has 0 saturated carbocycles. The number of benzene rings is 4. The lowest BCUT2D eigenvalue weighted by atomic mass is 9.80. The number of carbonyl (C=O) groups is 1. The molecule has 1 saturated heterocycles. The normalized spacial score (nSPS) is 17.5. The summed E-state index contributed by atoms with van der Waals surface area (Å²) in [7, 11) is 2.23. The van der Waals surface area contributed by atoms with Gasteiger partial charge in [-0.3, -0.25) is 13.9 Å². The van der Waals surface area contributed by atoms with Crippen molar-refractivity contribution in [3.63, 3.8) is 0 Å². The second-order valence-corrected chi connectivity index (χ2v) is 27.4. The Morgan fingerprint density at radius 1 is 0.859 bits per heavy atom. The highest BCUT2D eigenvalue weighted by Crippen LogP contribution is 2.53. The van der Waals surface area contributed by atoms with Crippen molar-refractivity contribution >= 4 is 46.3 Å². The van der Waals surface area contributed by atoms with Crippen LogP contribution in [0.3, 0.4) is 0 Å². The van der Waals surface area contributed by atoms with Crippen molar-refractivity contribution < 1.29 is 42.0 Å². The second-order valence-electron chi connectivity index (χ2n) is 21.2. The van der Waals surface area contributed by atoms with Gasteiger partial charge in [-0.15, -0.1) is 0 Å². The lowest BCUT2D eigenvalue weighted by molar-refractivity contribution is -0.0928. The van der Waals surface area contributed by atoms with E-state index in [1.807, 2.05) is 84.9 Å². The third-order valence-electron chi connectivity index (χ3n) is 13.9. The number of aromatic nitrogens is 4. The van der Waals surface area contributed by atoms with Gasteiger partial charge in [-0.1, -0.05) is 93.6 Å². The summed E-state index contributed by atoms with van der Waals surface area (Å²) < 4.78 is 58.8. The number of ether oxygens (including phenoxy) is 5. The van der Waals surface area contributed by atoms with Crippen LogP contribution in [0.4, 0.5) is 5.95 Å². The summed E-state index contributed by atoms with van der Waals surface area (Å²) in [5.74, 6) is 0.875. The summed E-state index contributed by atoms with van der Waals surface area (Å²) >= 11 is 0. The summed E-state index contributed by atoms with van der Waals surface area (Å²) in [6, 6.07) is 36.5. The van der Waals surface area contributed by atoms with Gasteiger partial charge in [0.05, 0.1) is 64.7 Å². The summed E-state index contributed by atoms with van der Waals surface area (Å²) in [5.41, 5.74) is 1.33. The molecule has 20 heteroatoms. The van der Waals surface area contributed by atoms with E-state index in [9.17, 15) is 14.9 Å². The van der Waals surface area contributed by atoms with Gasteiger partial charge in [0.2, 0.25) is 5.95 Å². The number of nitriles is 1. The highest BCUT2D eigenvalue weighted by atomic mass is 31.2. The fourth-order valence-corrected chi connectivity index (χ4v) is 12.1. The second kappa shape index (κ2) is 26.1. The van der Waals surface area contributed by atoms with Crippen molar-refractivity contribution in [1.82, 2.24) is 28.7 Å². The molecule has 3 heterocycles. The Labute approximate surface area is 460 Å². The number of aliphatic imine (C=N–C) groups is 1. The minimum absolute atomic E-state index is 0.0257. The smallest absolute Gasteiger partial charge is 0.338 e. The zero-order valence-electron chi connectivity index (χ0n) is 47.2. The van der Waals surface area contributed by atoms with E-state index in [4.69, 9.17) is 47.1 Å². The quantitative estimate of drug-likeness (QED) is 0.0100. The van der Waals surface area contributed by atoms with Gasteiger partial charge >= 0.3 is 5.97 Å². The molecular weight excluding hydrogens is 1030 g/mol. The van der Waals surface area contributed by atoms with Gasteiger partial charge in [-0.05, 0) is 98.9 Å². The number of esters is 1. The summed E-state index contributed by atoms with van der Waals surface area (Å²) in [5, 5.41) is 9.45. The van der Waals surface area contributed by atoms with Crippen LogP contribution < -0.4 is 15.0 Å². The van der Waals surface area contributed by atoms with Crippen molar-refractivity contribution in [1.29, 1.82) is 5.26 Å². The molecule has 1 aliphatic rings. The molecule has 416 valence electrons. The Kier molecular flexibility index (Phi) is 19.8. The number of hydrogen-bond acceptors (Lipinski definition) is 15. The molecule has 1 unspecified atom stereocenters. The topological polar surface area (TPSA) is 186 Å². The summed E-state index contributed by atoms with van der Waals surface area (Å²) in [6.07, 6.45) is -0.488. The Hall–Kier alpha value is -6.33. The maximum atomic E-state index is 14.8. The zero-order valence-corrected chi connectivity index (χ0v) is 49.0. The Morgan fingerprint density at radius 2 is 1.44 bits per heavy atom. The van der Waals surface area contributed by atoms with E-state index >= 15 is 0 Å². The van der Waals surface area contributed by atoms with Crippen LogP contribution in [-0.2, 0) is 39.8 Å². The lowest BCUT2D eigenvalue weighted by Crippen LogP contribution is -2.51. The average molecular weight is 1100 g/mol. The molecule has 0 spiro atoms. The third-order valence-corrected chi connectivity index (χ3v) is 20.5. The summed E-state index contributed by atoms with van der Waals surface area (Å²) in [6.45, 7) is 19.1. The Morgan fingerprint density at radius 3 is 1.97 bits per heavy atom. The van der Waals surface area contributed by atoms with Crippen LogP contribution in [0.15, 0.2) is 125 Å². The molecule has 0 N–H and O–H groups in total. The molecular formula is C58H75N8O10PSi. The van der Waals surface area contributed by atoms with Crippen LogP contribution in [-0.4, -0.2) is 128 Å². The number of hydrogen-bond donors (Lipinski definition) is 0. The van der Waals surface area contributed by atoms with E-state index in [-0.39, 0.29) is 67.0 Å². The number of methoxy groups -OCH3 is 2. The molecule has 5 atom stereocenters. The number of imidazole rings is 1. The van der Waals surface area contributed by atoms with Gasteiger partial charge in [0.1, 0.15) is 42.0 Å². The molecule has 0 amide bonds. The minimum Gasteiger partial charge on any atom is -0.497 e. The first kappa shape index (κ1) is 59.3. The monoisotopic (exact) mass is 1100 g/mol. The van der Waals surface area contributed by atoms with Crippen LogP contribution in [0.2, 0.25) is 18.1 Å². The standard InChI is InChI=1S/C58H75N8O10PSi/c1-40(2)66(41(3)4)77(73-35-20-33-59)75-51-50(76-78(12,13)57(5,6)7)48(37-72-58(43-23-18-15-19-24-43,44-25-29-46(69-10)30-26-44)45-27-31-47(70-11)32-28-45)74-54(51)65-39-60-49-52(65)62-56(61-38-63(8)9)64(53(49)67)34-36-71-55(68)42-21-16-14-17-22-42/h14-19,21-32,38-41,48,50-51,54H,20,34-37H2,1-13H3/b61-38+/t48-,50-,51-,54-,77?/m1/s1. The maximum absolute atomic E-state index is 14.8. The first-order valence-corrected chi connectivity index (χ1v) is 30.3. The van der Waals surface area contributed by atoms with Crippen LogP contribution in [0.25, 0.3) is 11.2 Å². The van der Waals surface area contributed by atoms with Gasteiger partial charge in [0.25, 0.3) is 14.1 Å². The third kappa shape index (κ3) is 13.4. The molecule has 1 fully saturated rings. The van der Waals surface area contributed by atoms with E-state index in [1.165, 1.54) is 17.2 Å². The molecule has 1 aliphatic heterocycles. The molecule has 78 heavy (non-hydrogen) atoms. The molecule has 6 aromatic rings. The van der Waals surface area contributed by atoms with Crippen molar-refractivity contribution in [3.05, 3.63) is 148 Å². The van der Waals surface area contributed by atoms with E-state index in [2.05, 4.69) is 77.3 Å². The predicted octanol–water partition coefficient (Wildman–Crippen LogP) is 10.6. The van der Waals surface area contributed by atoms with E-state index in [0.717, 1.165) is 16.7 Å². The Bertz CT molecular complexity index is 2980. The molecule has 0 aliphatic carbocycles. The summed E-state index contributed by atoms with van der Waals surface area (Å²) in [4.78, 5) is 43.9. The van der Waals surface area contributed by atoms with Crippen molar-refractivity contribution in [2.24, 2.45) is 4.99 Å². The van der Waals surface area contributed by atoms with Gasteiger partial charge in [0, 0.05) is 26.2 Å². The highest BCUT2D eigenvalue weighted by molar-refractivity contribution is 7.44. The van der Waals surface area contributed by atoms with Gasteiger partial charge in [-0.2, -0.15) is 10.2 Å². The lowest BCUT2D eigenvalue weighted by Gasteiger charge is -2.43. The first-order chi connectivity index (χ1) is 37.2. The van der Waals surface area contributed by atoms with Crippen LogP contribution in [0.5, 0.6) is 11.5 Å². The molecule has 4 aromatic carbocycles. The molecule has 18 nitrogen and oxygen atoms in total. The molecule has 2 aromatic heterocycles. The number of nitrogens with zero attached hydrogens (tertiary/aromatic N) is 8. The molecule has 7 rings (SSSR count). The van der Waals surface area contributed by atoms with Gasteiger partial charge in [0.15, 0.2) is 25.7 Å². The van der Waals surface area contributed by atoms with E-state index < -0.39 is 58.5 Å². The van der Waals surface area contributed by atoms with Crippen LogP contribution in [0, 0.1) is 11.3 Å². The van der Waals surface area contributed by atoms with Crippen molar-refractivity contribution in [3.8, 4) is 17.6 Å².